The van der Waals surface area contributed by atoms with E-state index in [1.165, 1.54) is 32.1 Å². The monoisotopic (exact) mass is 250 g/mol. The molecule has 5 nitrogen and oxygen atoms in total. The average molecular weight is 250 g/mol. The molecule has 2 aliphatic heterocycles. The van der Waals surface area contributed by atoms with Gasteiger partial charge in [-0.25, -0.2) is 0 Å². The summed E-state index contributed by atoms with van der Waals surface area (Å²) in [5.74, 6) is 2.44. The second-order valence-electron chi connectivity index (χ2n) is 5.41. The van der Waals surface area contributed by atoms with Crippen LogP contribution in [0.5, 0.6) is 0 Å². The van der Waals surface area contributed by atoms with Crippen molar-refractivity contribution in [1.82, 2.24) is 15.5 Å². The maximum atomic E-state index is 5.35. The van der Waals surface area contributed by atoms with Gasteiger partial charge in [-0.2, -0.15) is 4.98 Å². The molecule has 1 aromatic heterocycles. The molecule has 18 heavy (non-hydrogen) atoms. The van der Waals surface area contributed by atoms with Crippen LogP contribution in [0.25, 0.3) is 0 Å². The third-order valence-corrected chi connectivity index (χ3v) is 4.07. The Labute approximate surface area is 108 Å². The minimum Gasteiger partial charge on any atom is -0.338 e. The number of piperidine rings is 1. The Morgan fingerprint density at radius 3 is 2.78 bits per heavy atom. The number of aromatic nitrogens is 2. The summed E-state index contributed by atoms with van der Waals surface area (Å²) in [4.78, 5) is 6.73. The fourth-order valence-corrected chi connectivity index (χ4v) is 2.89. The largest absolute Gasteiger partial charge is 0.338 e. The molecule has 0 spiro atoms. The van der Waals surface area contributed by atoms with Crippen molar-refractivity contribution >= 4 is 5.95 Å². The number of anilines is 1. The van der Waals surface area contributed by atoms with Crippen LogP contribution in [0.4, 0.5) is 5.95 Å². The van der Waals surface area contributed by atoms with Crippen LogP contribution in [0, 0.1) is 5.92 Å². The van der Waals surface area contributed by atoms with Crippen molar-refractivity contribution < 1.29 is 4.52 Å². The normalized spacial score (nSPS) is 21.7. The van der Waals surface area contributed by atoms with Crippen molar-refractivity contribution in [2.75, 3.05) is 31.1 Å². The molecule has 0 aliphatic carbocycles. The highest BCUT2D eigenvalue weighted by Crippen LogP contribution is 2.20. The minimum atomic E-state index is 0.799. The molecule has 0 radical (unpaired) electrons. The van der Waals surface area contributed by atoms with Crippen molar-refractivity contribution in [3.05, 3.63) is 5.89 Å². The lowest BCUT2D eigenvalue weighted by Crippen LogP contribution is -2.27. The van der Waals surface area contributed by atoms with Gasteiger partial charge in [0.05, 0.1) is 0 Å². The zero-order valence-electron chi connectivity index (χ0n) is 10.9. The molecule has 1 aromatic rings. The van der Waals surface area contributed by atoms with Crippen LogP contribution in [0.2, 0.25) is 0 Å². The van der Waals surface area contributed by atoms with E-state index in [1.54, 1.807) is 0 Å². The summed E-state index contributed by atoms with van der Waals surface area (Å²) in [7, 11) is 0. The topological polar surface area (TPSA) is 54.2 Å². The first kappa shape index (κ1) is 12.0. The predicted octanol–water partition coefficient (Wildman–Crippen LogP) is 1.60. The van der Waals surface area contributed by atoms with E-state index in [0.29, 0.717) is 0 Å². The molecule has 2 aliphatic rings. The van der Waals surface area contributed by atoms with Crippen molar-refractivity contribution in [2.45, 2.75) is 38.5 Å². The SMILES string of the molecule is C1CCN(c2noc(CCC3CCNCC3)n2)C1. The standard InChI is InChI=1S/C13H22N4O/c1-2-10-17(9-1)13-15-12(18-16-13)4-3-11-5-7-14-8-6-11/h11,14H,1-10H2. The third kappa shape index (κ3) is 2.83. The molecule has 3 rings (SSSR count). The first-order valence-corrected chi connectivity index (χ1v) is 7.20. The predicted molar refractivity (Wildman–Crippen MR) is 69.7 cm³/mol. The summed E-state index contributed by atoms with van der Waals surface area (Å²) in [6, 6.07) is 0. The zero-order chi connectivity index (χ0) is 12.2. The molecule has 3 heterocycles. The third-order valence-electron chi connectivity index (χ3n) is 4.07. The molecule has 5 heteroatoms. The van der Waals surface area contributed by atoms with E-state index < -0.39 is 0 Å². The van der Waals surface area contributed by atoms with E-state index in [9.17, 15) is 0 Å². The Bertz CT molecular complexity index is 367. The van der Waals surface area contributed by atoms with Gasteiger partial charge in [0.15, 0.2) is 0 Å². The van der Waals surface area contributed by atoms with E-state index in [-0.39, 0.29) is 0 Å². The highest BCUT2D eigenvalue weighted by atomic mass is 16.5. The van der Waals surface area contributed by atoms with E-state index in [1.807, 2.05) is 0 Å². The van der Waals surface area contributed by atoms with E-state index in [0.717, 1.165) is 50.4 Å². The van der Waals surface area contributed by atoms with Gasteiger partial charge in [0.1, 0.15) is 0 Å². The highest BCUT2D eigenvalue weighted by Gasteiger charge is 2.19. The fraction of sp³-hybridized carbons (Fsp3) is 0.846. The van der Waals surface area contributed by atoms with Crippen LogP contribution in [0.3, 0.4) is 0 Å². The maximum absolute atomic E-state index is 5.35. The van der Waals surface area contributed by atoms with Crippen molar-refractivity contribution in [2.24, 2.45) is 5.92 Å². The molecule has 0 aromatic carbocycles. The molecule has 0 atom stereocenters. The van der Waals surface area contributed by atoms with Gasteiger partial charge in [0.25, 0.3) is 5.95 Å². The lowest BCUT2D eigenvalue weighted by Gasteiger charge is -2.21. The molecule has 0 bridgehead atoms. The fourth-order valence-electron chi connectivity index (χ4n) is 2.89. The zero-order valence-corrected chi connectivity index (χ0v) is 10.9. The summed E-state index contributed by atoms with van der Waals surface area (Å²) in [5, 5.41) is 7.49. The molecule has 0 amide bonds. The van der Waals surface area contributed by atoms with Gasteiger partial charge in [0.2, 0.25) is 5.89 Å². The molecule has 100 valence electrons. The number of nitrogens with zero attached hydrogens (tertiary/aromatic N) is 3. The Balaban J connectivity index is 1.50. The van der Waals surface area contributed by atoms with Gasteiger partial charge in [0, 0.05) is 19.5 Å². The van der Waals surface area contributed by atoms with E-state index in [4.69, 9.17) is 4.52 Å². The van der Waals surface area contributed by atoms with Gasteiger partial charge in [-0.1, -0.05) is 0 Å². The van der Waals surface area contributed by atoms with Crippen LogP contribution in [0.15, 0.2) is 4.52 Å². The molecule has 2 fully saturated rings. The van der Waals surface area contributed by atoms with Crippen LogP contribution >= 0.6 is 0 Å². The summed E-state index contributed by atoms with van der Waals surface area (Å²) in [6.45, 7) is 4.47. The molecule has 1 N–H and O–H groups in total. The summed E-state index contributed by atoms with van der Waals surface area (Å²) >= 11 is 0. The number of hydrogen-bond donors (Lipinski definition) is 1. The number of aryl methyl sites for hydroxylation is 1. The molecular formula is C13H22N4O. The number of hydrogen-bond acceptors (Lipinski definition) is 5. The second-order valence-corrected chi connectivity index (χ2v) is 5.41. The first-order valence-electron chi connectivity index (χ1n) is 7.20. The van der Waals surface area contributed by atoms with Crippen LogP contribution < -0.4 is 10.2 Å². The molecular weight excluding hydrogens is 228 g/mol. The van der Waals surface area contributed by atoms with Crippen LogP contribution in [0.1, 0.15) is 38.0 Å². The summed E-state index contributed by atoms with van der Waals surface area (Å²) in [6.07, 6.45) is 7.19. The van der Waals surface area contributed by atoms with Crippen molar-refractivity contribution in [3.63, 3.8) is 0 Å². The van der Waals surface area contributed by atoms with Gasteiger partial charge < -0.3 is 14.7 Å². The quantitative estimate of drug-likeness (QED) is 0.879. The van der Waals surface area contributed by atoms with Gasteiger partial charge >= 0.3 is 0 Å². The van der Waals surface area contributed by atoms with Crippen molar-refractivity contribution in [1.29, 1.82) is 0 Å². The second kappa shape index (κ2) is 5.69. The van der Waals surface area contributed by atoms with Gasteiger partial charge in [-0.05, 0) is 56.3 Å². The van der Waals surface area contributed by atoms with Crippen LogP contribution in [-0.2, 0) is 6.42 Å². The van der Waals surface area contributed by atoms with Gasteiger partial charge in [-0.3, -0.25) is 0 Å². The Kier molecular flexibility index (Phi) is 3.78. The number of nitrogens with one attached hydrogen (secondary N) is 1. The Morgan fingerprint density at radius 1 is 1.22 bits per heavy atom. The molecule has 2 saturated heterocycles. The average Bonchev–Trinajstić information content (AvgIpc) is 3.08. The molecule has 0 saturated carbocycles. The lowest BCUT2D eigenvalue weighted by molar-refractivity contribution is 0.324. The highest BCUT2D eigenvalue weighted by molar-refractivity contribution is 5.28. The molecule has 0 unspecified atom stereocenters. The lowest BCUT2D eigenvalue weighted by atomic mass is 9.93. The first-order chi connectivity index (χ1) is 8.92. The van der Waals surface area contributed by atoms with Crippen LogP contribution in [-0.4, -0.2) is 36.3 Å². The Hall–Kier alpha value is -1.10. The van der Waals surface area contributed by atoms with E-state index >= 15 is 0 Å². The maximum Gasteiger partial charge on any atom is 0.266 e. The minimum absolute atomic E-state index is 0.799. The number of rotatable bonds is 4. The Morgan fingerprint density at radius 2 is 2.00 bits per heavy atom. The van der Waals surface area contributed by atoms with Gasteiger partial charge in [-0.15, -0.1) is 0 Å². The van der Waals surface area contributed by atoms with E-state index in [2.05, 4.69) is 20.4 Å². The summed E-state index contributed by atoms with van der Waals surface area (Å²) < 4.78 is 5.35. The summed E-state index contributed by atoms with van der Waals surface area (Å²) in [5.41, 5.74) is 0. The van der Waals surface area contributed by atoms with Crippen molar-refractivity contribution in [3.8, 4) is 0 Å². The smallest absolute Gasteiger partial charge is 0.266 e.